The number of nitrogens with two attached hydrogens (primary N) is 1. The van der Waals surface area contributed by atoms with E-state index in [1.54, 1.807) is 0 Å². The number of benzene rings is 1. The normalized spacial score (nSPS) is 23.8. The van der Waals surface area contributed by atoms with Crippen LogP contribution in [0.3, 0.4) is 0 Å². The van der Waals surface area contributed by atoms with E-state index in [9.17, 15) is 28.2 Å². The molecule has 1 aliphatic heterocycles. The van der Waals surface area contributed by atoms with Crippen LogP contribution < -0.4 is 5.73 Å². The highest BCUT2D eigenvalue weighted by molar-refractivity contribution is 7.92. The van der Waals surface area contributed by atoms with E-state index in [1.807, 2.05) is 0 Å². The molecule has 1 aromatic carbocycles. The van der Waals surface area contributed by atoms with E-state index in [0.717, 1.165) is 4.90 Å². The number of carboxylic acid groups (broad SMARTS) is 2. The monoisotopic (exact) mass is 370 g/mol. The van der Waals surface area contributed by atoms with Gasteiger partial charge in [-0.2, -0.15) is 0 Å². The molecule has 0 aliphatic carbocycles. The average Bonchev–Trinajstić information content (AvgIpc) is 2.86. The van der Waals surface area contributed by atoms with E-state index in [4.69, 9.17) is 5.73 Å². The van der Waals surface area contributed by atoms with Crippen molar-refractivity contribution >= 4 is 27.6 Å². The van der Waals surface area contributed by atoms with Crippen molar-refractivity contribution in [3.8, 4) is 0 Å². The summed E-state index contributed by atoms with van der Waals surface area (Å²) in [6.07, 6.45) is -1.22. The summed E-state index contributed by atoms with van der Waals surface area (Å²) in [6, 6.07) is 2.95. The summed E-state index contributed by atoms with van der Waals surface area (Å²) in [6.45, 7) is 4.45. The Hall–Kier alpha value is -2.29. The second-order valence-corrected chi connectivity index (χ2v) is 9.21. The lowest BCUT2D eigenvalue weighted by molar-refractivity contribution is -0.149. The van der Waals surface area contributed by atoms with E-state index in [2.05, 4.69) is 0 Å². The molecule has 0 radical (unpaired) electrons. The number of hydrogen-bond acceptors (Lipinski definition) is 5. The molecule has 2 unspecified atom stereocenters. The van der Waals surface area contributed by atoms with Gasteiger partial charge in [-0.25, -0.2) is 13.2 Å². The molecule has 0 aromatic heterocycles. The molecule has 25 heavy (non-hydrogen) atoms. The molecule has 4 N–H and O–H groups in total. The fourth-order valence-corrected chi connectivity index (χ4v) is 4.46. The van der Waals surface area contributed by atoms with E-state index in [0.29, 0.717) is 0 Å². The number of aliphatic carboxylic acids is 1. The molecule has 1 saturated heterocycles. The third kappa shape index (κ3) is 3.04. The van der Waals surface area contributed by atoms with Crippen LogP contribution in [0.15, 0.2) is 23.1 Å². The van der Waals surface area contributed by atoms with Gasteiger partial charge in [-0.1, -0.05) is 0 Å². The lowest BCUT2D eigenvalue weighted by atomic mass is 9.79. The smallest absolute Gasteiger partial charge is 0.407 e. The van der Waals surface area contributed by atoms with Crippen molar-refractivity contribution in [2.75, 3.05) is 12.3 Å². The standard InChI is InChI=1S/C16H22N2O6S/c1-9(2)25(23,24)12-5-4-10(17)8-11(12)13-16(3,14(19)20)6-7-18(13)15(21)22/h4-5,8-9,13H,6-7,17H2,1-3H3,(H,19,20)(H,21,22). The number of anilines is 1. The SMILES string of the molecule is CC(C)S(=O)(=O)c1ccc(N)cc1C1N(C(=O)O)CCC1(C)C(=O)O. The van der Waals surface area contributed by atoms with Crippen LogP contribution in [0, 0.1) is 5.41 Å². The Morgan fingerprint density at radius 2 is 1.92 bits per heavy atom. The van der Waals surface area contributed by atoms with Gasteiger partial charge in [0.05, 0.1) is 21.6 Å². The first-order valence-electron chi connectivity index (χ1n) is 7.79. The molecule has 138 valence electrons. The number of nitrogens with zero attached hydrogens (tertiary/aromatic N) is 1. The van der Waals surface area contributed by atoms with E-state index in [-0.39, 0.29) is 29.1 Å². The lowest BCUT2D eigenvalue weighted by Gasteiger charge is -2.33. The fraction of sp³-hybridized carbons (Fsp3) is 0.500. The Bertz CT molecular complexity index is 820. The maximum atomic E-state index is 12.7. The molecular formula is C16H22N2O6S. The van der Waals surface area contributed by atoms with Crippen molar-refractivity contribution in [2.45, 2.75) is 43.4 Å². The van der Waals surface area contributed by atoms with Gasteiger partial charge in [-0.15, -0.1) is 0 Å². The predicted molar refractivity (Wildman–Crippen MR) is 91.0 cm³/mol. The van der Waals surface area contributed by atoms with Crippen LogP contribution in [-0.2, 0) is 14.6 Å². The van der Waals surface area contributed by atoms with Gasteiger partial charge < -0.3 is 20.8 Å². The predicted octanol–water partition coefficient (Wildman–Crippen LogP) is 1.97. The summed E-state index contributed by atoms with van der Waals surface area (Å²) in [5, 5.41) is 18.4. The second-order valence-electron chi connectivity index (χ2n) is 6.74. The van der Waals surface area contributed by atoms with Gasteiger partial charge in [-0.3, -0.25) is 4.79 Å². The Morgan fingerprint density at radius 3 is 2.40 bits per heavy atom. The van der Waals surface area contributed by atoms with Crippen LogP contribution in [0.4, 0.5) is 10.5 Å². The van der Waals surface area contributed by atoms with E-state index >= 15 is 0 Å². The van der Waals surface area contributed by atoms with Crippen LogP contribution in [-0.4, -0.2) is 47.4 Å². The third-order valence-corrected chi connectivity index (χ3v) is 7.00. The largest absolute Gasteiger partial charge is 0.481 e. The molecule has 1 heterocycles. The summed E-state index contributed by atoms with van der Waals surface area (Å²) in [4.78, 5) is 24.4. The maximum absolute atomic E-state index is 12.7. The number of amides is 1. The topological polar surface area (TPSA) is 138 Å². The van der Waals surface area contributed by atoms with Crippen LogP contribution in [0.25, 0.3) is 0 Å². The molecular weight excluding hydrogens is 348 g/mol. The molecule has 9 heteroatoms. The summed E-state index contributed by atoms with van der Waals surface area (Å²) in [5.41, 5.74) is 4.69. The van der Waals surface area contributed by atoms with Gasteiger partial charge in [0.25, 0.3) is 0 Å². The summed E-state index contributed by atoms with van der Waals surface area (Å²) >= 11 is 0. The quantitative estimate of drug-likeness (QED) is 0.689. The summed E-state index contributed by atoms with van der Waals surface area (Å²) < 4.78 is 25.4. The van der Waals surface area contributed by atoms with Gasteiger partial charge in [0.15, 0.2) is 9.84 Å². The van der Waals surface area contributed by atoms with Gasteiger partial charge in [0, 0.05) is 12.2 Å². The first-order valence-corrected chi connectivity index (χ1v) is 9.34. The zero-order valence-corrected chi connectivity index (χ0v) is 15.1. The minimum absolute atomic E-state index is 0.00122. The average molecular weight is 370 g/mol. The zero-order valence-electron chi connectivity index (χ0n) is 14.3. The van der Waals surface area contributed by atoms with Crippen molar-refractivity contribution < 1.29 is 28.2 Å². The number of sulfone groups is 1. The highest BCUT2D eigenvalue weighted by atomic mass is 32.2. The van der Waals surface area contributed by atoms with Crippen molar-refractivity contribution in [1.82, 2.24) is 4.90 Å². The first-order chi connectivity index (χ1) is 11.4. The highest BCUT2D eigenvalue weighted by Gasteiger charge is 2.53. The molecule has 1 fully saturated rings. The van der Waals surface area contributed by atoms with Crippen LogP contribution >= 0.6 is 0 Å². The van der Waals surface area contributed by atoms with Crippen molar-refractivity contribution in [1.29, 1.82) is 0 Å². The number of carboxylic acids is 1. The molecule has 1 aliphatic rings. The number of likely N-dealkylation sites (tertiary alicyclic amines) is 1. The molecule has 8 nitrogen and oxygen atoms in total. The van der Waals surface area contributed by atoms with E-state index < -0.39 is 38.6 Å². The molecule has 0 bridgehead atoms. The van der Waals surface area contributed by atoms with Crippen LogP contribution in [0.5, 0.6) is 0 Å². The van der Waals surface area contributed by atoms with Crippen LogP contribution in [0.1, 0.15) is 38.8 Å². The molecule has 0 spiro atoms. The van der Waals surface area contributed by atoms with Gasteiger partial charge in [-0.05, 0) is 51.0 Å². The molecule has 1 amide bonds. The fourth-order valence-electron chi connectivity index (χ4n) is 3.20. The van der Waals surface area contributed by atoms with E-state index in [1.165, 1.54) is 39.0 Å². The second kappa shape index (κ2) is 6.21. The first kappa shape index (κ1) is 19.0. The molecule has 2 atom stereocenters. The van der Waals surface area contributed by atoms with Crippen molar-refractivity contribution in [2.24, 2.45) is 5.41 Å². The van der Waals surface area contributed by atoms with Gasteiger partial charge in [0.2, 0.25) is 0 Å². The molecule has 0 saturated carbocycles. The van der Waals surface area contributed by atoms with Gasteiger partial charge in [0.1, 0.15) is 0 Å². The Balaban J connectivity index is 2.79. The number of hydrogen-bond donors (Lipinski definition) is 3. The summed E-state index contributed by atoms with van der Waals surface area (Å²) in [5.74, 6) is -1.18. The zero-order chi connectivity index (χ0) is 19.2. The third-order valence-electron chi connectivity index (χ3n) is 4.78. The highest BCUT2D eigenvalue weighted by Crippen LogP contribution is 2.49. The number of rotatable bonds is 4. The lowest BCUT2D eigenvalue weighted by Crippen LogP contribution is -2.39. The Labute approximate surface area is 146 Å². The van der Waals surface area contributed by atoms with Crippen LogP contribution in [0.2, 0.25) is 0 Å². The minimum atomic E-state index is -3.75. The number of carbonyl (C=O) groups is 2. The number of nitrogen functional groups attached to an aromatic ring is 1. The Kier molecular flexibility index (Phi) is 4.73. The maximum Gasteiger partial charge on any atom is 0.407 e. The van der Waals surface area contributed by atoms with Gasteiger partial charge >= 0.3 is 12.1 Å². The molecule has 2 rings (SSSR count). The Morgan fingerprint density at radius 1 is 1.32 bits per heavy atom. The summed E-state index contributed by atoms with van der Waals surface area (Å²) in [7, 11) is -3.75. The van der Waals surface area contributed by atoms with Crippen molar-refractivity contribution in [3.05, 3.63) is 23.8 Å². The van der Waals surface area contributed by atoms with Crippen molar-refractivity contribution in [3.63, 3.8) is 0 Å². The minimum Gasteiger partial charge on any atom is -0.481 e. The molecule has 1 aromatic rings.